The van der Waals surface area contributed by atoms with E-state index in [9.17, 15) is 4.79 Å². The SMILES string of the molecule is Cn1cc(NC(=O)C(c2ccccc2)n2cnnn2)cn1. The molecule has 8 heteroatoms. The molecule has 2 aromatic heterocycles. The van der Waals surface area contributed by atoms with Crippen molar-refractivity contribution in [2.24, 2.45) is 7.05 Å². The zero-order valence-corrected chi connectivity index (χ0v) is 11.3. The van der Waals surface area contributed by atoms with Crippen LogP contribution >= 0.6 is 0 Å². The Morgan fingerprint density at radius 1 is 1.29 bits per heavy atom. The van der Waals surface area contributed by atoms with Crippen LogP contribution in [0.15, 0.2) is 49.1 Å². The Hall–Kier alpha value is -3.03. The maximum Gasteiger partial charge on any atom is 0.254 e. The van der Waals surface area contributed by atoms with Crippen LogP contribution in [0.4, 0.5) is 5.69 Å². The Kier molecular flexibility index (Phi) is 3.42. The number of rotatable bonds is 4. The van der Waals surface area contributed by atoms with Gasteiger partial charge in [0.2, 0.25) is 0 Å². The first-order valence-electron chi connectivity index (χ1n) is 6.31. The summed E-state index contributed by atoms with van der Waals surface area (Å²) >= 11 is 0. The van der Waals surface area contributed by atoms with E-state index >= 15 is 0 Å². The van der Waals surface area contributed by atoms with E-state index < -0.39 is 6.04 Å². The lowest BCUT2D eigenvalue weighted by Gasteiger charge is -2.15. The average molecular weight is 283 g/mol. The van der Waals surface area contributed by atoms with E-state index in [1.54, 1.807) is 24.1 Å². The van der Waals surface area contributed by atoms with Gasteiger partial charge in [0.1, 0.15) is 6.33 Å². The van der Waals surface area contributed by atoms with Gasteiger partial charge in [0.15, 0.2) is 6.04 Å². The summed E-state index contributed by atoms with van der Waals surface area (Å²) in [5, 5.41) is 17.9. The number of amides is 1. The summed E-state index contributed by atoms with van der Waals surface area (Å²) in [6, 6.07) is 8.69. The standard InChI is InChI=1S/C13H13N7O/c1-19-8-11(7-15-19)16-13(21)12(20-9-14-17-18-20)10-5-3-2-4-6-10/h2-9,12H,1H3,(H,16,21). The molecule has 8 nitrogen and oxygen atoms in total. The quantitative estimate of drug-likeness (QED) is 0.758. The maximum atomic E-state index is 12.6. The number of carbonyl (C=O) groups excluding carboxylic acids is 1. The van der Waals surface area contributed by atoms with Gasteiger partial charge in [-0.2, -0.15) is 5.10 Å². The Labute approximate surface area is 120 Å². The van der Waals surface area contributed by atoms with Gasteiger partial charge in [-0.05, 0) is 16.0 Å². The summed E-state index contributed by atoms with van der Waals surface area (Å²) in [4.78, 5) is 12.6. The predicted molar refractivity (Wildman–Crippen MR) is 74.2 cm³/mol. The van der Waals surface area contributed by atoms with Crippen LogP contribution in [0.3, 0.4) is 0 Å². The van der Waals surface area contributed by atoms with Gasteiger partial charge in [0.05, 0.1) is 11.9 Å². The molecule has 3 rings (SSSR count). The second-order valence-corrected chi connectivity index (χ2v) is 4.49. The smallest absolute Gasteiger partial charge is 0.254 e. The third kappa shape index (κ3) is 2.78. The lowest BCUT2D eigenvalue weighted by molar-refractivity contribution is -0.118. The van der Waals surface area contributed by atoms with Gasteiger partial charge in [-0.15, -0.1) is 5.10 Å². The fraction of sp³-hybridized carbons (Fsp3) is 0.154. The first kappa shape index (κ1) is 13.0. The highest BCUT2D eigenvalue weighted by Gasteiger charge is 2.24. The zero-order chi connectivity index (χ0) is 14.7. The number of aryl methyl sites for hydroxylation is 1. The highest BCUT2D eigenvalue weighted by molar-refractivity contribution is 5.95. The molecule has 3 aromatic rings. The van der Waals surface area contributed by atoms with E-state index in [1.165, 1.54) is 11.0 Å². The number of benzene rings is 1. The number of tetrazole rings is 1. The van der Waals surface area contributed by atoms with E-state index in [0.29, 0.717) is 5.69 Å². The molecule has 0 fully saturated rings. The number of nitrogens with one attached hydrogen (secondary N) is 1. The van der Waals surface area contributed by atoms with Gasteiger partial charge >= 0.3 is 0 Å². The lowest BCUT2D eigenvalue weighted by Crippen LogP contribution is -2.27. The Morgan fingerprint density at radius 2 is 2.10 bits per heavy atom. The van der Waals surface area contributed by atoms with Crippen LogP contribution in [0.1, 0.15) is 11.6 Å². The van der Waals surface area contributed by atoms with Crippen LogP contribution in [-0.4, -0.2) is 35.9 Å². The van der Waals surface area contributed by atoms with Gasteiger partial charge in [-0.25, -0.2) is 4.68 Å². The molecule has 0 spiro atoms. The van der Waals surface area contributed by atoms with Gasteiger partial charge in [0.25, 0.3) is 5.91 Å². The lowest BCUT2D eigenvalue weighted by atomic mass is 10.1. The van der Waals surface area contributed by atoms with Gasteiger partial charge in [-0.1, -0.05) is 30.3 Å². The molecule has 0 aliphatic carbocycles. The van der Waals surface area contributed by atoms with Crippen LogP contribution in [0.25, 0.3) is 0 Å². The minimum atomic E-state index is -0.638. The van der Waals surface area contributed by atoms with Crippen molar-refractivity contribution in [3.05, 3.63) is 54.6 Å². The maximum absolute atomic E-state index is 12.6. The van der Waals surface area contributed by atoms with Crippen molar-refractivity contribution in [1.29, 1.82) is 0 Å². The highest BCUT2D eigenvalue weighted by atomic mass is 16.2. The molecule has 106 valence electrons. The van der Waals surface area contributed by atoms with E-state index in [4.69, 9.17) is 0 Å². The molecular weight excluding hydrogens is 270 g/mol. The molecule has 0 saturated carbocycles. The van der Waals surface area contributed by atoms with Gasteiger partial charge in [0, 0.05) is 13.2 Å². The molecule has 0 aliphatic rings. The summed E-state index contributed by atoms with van der Waals surface area (Å²) in [6.07, 6.45) is 4.72. The molecule has 0 bridgehead atoms. The molecule has 1 N–H and O–H groups in total. The second-order valence-electron chi connectivity index (χ2n) is 4.49. The molecule has 0 saturated heterocycles. The summed E-state index contributed by atoms with van der Waals surface area (Å²) in [6.45, 7) is 0. The number of hydrogen-bond donors (Lipinski definition) is 1. The van der Waals surface area contributed by atoms with Crippen LogP contribution in [0.2, 0.25) is 0 Å². The molecule has 1 atom stereocenters. The molecule has 1 unspecified atom stereocenters. The Morgan fingerprint density at radius 3 is 2.71 bits per heavy atom. The minimum absolute atomic E-state index is 0.235. The second kappa shape index (κ2) is 5.53. The topological polar surface area (TPSA) is 90.5 Å². The van der Waals surface area contributed by atoms with Crippen molar-refractivity contribution in [2.75, 3.05) is 5.32 Å². The highest BCUT2D eigenvalue weighted by Crippen LogP contribution is 2.19. The van der Waals surface area contributed by atoms with Crippen molar-refractivity contribution < 1.29 is 4.79 Å². The van der Waals surface area contributed by atoms with Crippen molar-refractivity contribution in [3.8, 4) is 0 Å². The monoisotopic (exact) mass is 283 g/mol. The predicted octanol–water partition coefficient (Wildman–Crippen LogP) is 0.635. The van der Waals surface area contributed by atoms with E-state index in [2.05, 4.69) is 25.9 Å². The summed E-state index contributed by atoms with van der Waals surface area (Å²) in [5.41, 5.74) is 1.42. The van der Waals surface area contributed by atoms with Crippen molar-refractivity contribution >= 4 is 11.6 Å². The van der Waals surface area contributed by atoms with Crippen molar-refractivity contribution in [3.63, 3.8) is 0 Å². The van der Waals surface area contributed by atoms with Crippen LogP contribution in [-0.2, 0) is 11.8 Å². The molecule has 21 heavy (non-hydrogen) atoms. The first-order valence-corrected chi connectivity index (χ1v) is 6.31. The van der Waals surface area contributed by atoms with Crippen molar-refractivity contribution in [1.82, 2.24) is 30.0 Å². The van der Waals surface area contributed by atoms with E-state index in [-0.39, 0.29) is 5.91 Å². The van der Waals surface area contributed by atoms with E-state index in [1.807, 2.05) is 30.3 Å². The normalized spacial score (nSPS) is 12.0. The van der Waals surface area contributed by atoms with Crippen LogP contribution < -0.4 is 5.32 Å². The van der Waals surface area contributed by atoms with Gasteiger partial charge in [-0.3, -0.25) is 9.48 Å². The molecule has 1 amide bonds. The third-order valence-electron chi connectivity index (χ3n) is 2.97. The molecule has 2 heterocycles. The number of aromatic nitrogens is 6. The number of carbonyl (C=O) groups is 1. The largest absolute Gasteiger partial charge is 0.321 e. The molecule has 0 aliphatic heterocycles. The van der Waals surface area contributed by atoms with Gasteiger partial charge < -0.3 is 5.32 Å². The Balaban J connectivity index is 1.90. The summed E-state index contributed by atoms with van der Waals surface area (Å²) in [7, 11) is 1.78. The summed E-state index contributed by atoms with van der Waals surface area (Å²) < 4.78 is 3.03. The summed E-state index contributed by atoms with van der Waals surface area (Å²) in [5.74, 6) is -0.235. The molecular formula is C13H13N7O. The number of anilines is 1. The van der Waals surface area contributed by atoms with Crippen molar-refractivity contribution in [2.45, 2.75) is 6.04 Å². The van der Waals surface area contributed by atoms with E-state index in [0.717, 1.165) is 5.56 Å². The minimum Gasteiger partial charge on any atom is -0.321 e. The first-order chi connectivity index (χ1) is 10.2. The van der Waals surface area contributed by atoms with Crippen LogP contribution in [0, 0.1) is 0 Å². The Bertz CT molecular complexity index is 720. The third-order valence-corrected chi connectivity index (χ3v) is 2.97. The fourth-order valence-electron chi connectivity index (χ4n) is 2.04. The fourth-order valence-corrected chi connectivity index (χ4v) is 2.04. The van der Waals surface area contributed by atoms with Crippen LogP contribution in [0.5, 0.6) is 0 Å². The zero-order valence-electron chi connectivity index (χ0n) is 11.3. The number of hydrogen-bond acceptors (Lipinski definition) is 5. The number of nitrogens with zero attached hydrogens (tertiary/aromatic N) is 6. The molecule has 0 radical (unpaired) electrons. The average Bonchev–Trinajstić information content (AvgIpc) is 3.13. The molecule has 1 aromatic carbocycles.